The average molecular weight is 369 g/mol. The summed E-state index contributed by atoms with van der Waals surface area (Å²) in [7, 11) is 0. The Balaban J connectivity index is 1.76. The van der Waals surface area contributed by atoms with Crippen molar-refractivity contribution in [2.24, 2.45) is 0 Å². The highest BCUT2D eigenvalue weighted by Crippen LogP contribution is 2.32. The quantitative estimate of drug-likeness (QED) is 0.749. The Kier molecular flexibility index (Phi) is 4.13. The molecule has 0 bridgehead atoms. The second-order valence-electron chi connectivity index (χ2n) is 7.19. The number of H-pyrrole nitrogens is 1. The Morgan fingerprint density at radius 3 is 2.67 bits per heavy atom. The van der Waals surface area contributed by atoms with Gasteiger partial charge in [-0.25, -0.2) is 14.5 Å². The third kappa shape index (κ3) is 2.85. The van der Waals surface area contributed by atoms with Crippen molar-refractivity contribution in [1.82, 2.24) is 24.5 Å². The number of aromatic amines is 1. The summed E-state index contributed by atoms with van der Waals surface area (Å²) in [5.41, 5.74) is 3.20. The molecule has 4 heterocycles. The molecule has 0 radical (unpaired) electrons. The Hall–Kier alpha value is -2.90. The first-order valence-corrected chi connectivity index (χ1v) is 9.20. The second-order valence-corrected chi connectivity index (χ2v) is 7.19. The third-order valence-corrected chi connectivity index (χ3v) is 5.32. The summed E-state index contributed by atoms with van der Waals surface area (Å²) in [6, 6.07) is 1.71. The molecule has 1 aliphatic heterocycles. The Labute approximate surface area is 156 Å². The summed E-state index contributed by atoms with van der Waals surface area (Å²) >= 11 is 0. The van der Waals surface area contributed by atoms with Crippen LogP contribution in [0.15, 0.2) is 15.3 Å². The predicted octanol–water partition coefficient (Wildman–Crippen LogP) is 2.61. The highest BCUT2D eigenvalue weighted by molar-refractivity contribution is 5.92. The number of aryl methyl sites for hydroxylation is 3. The van der Waals surface area contributed by atoms with Gasteiger partial charge in [-0.05, 0) is 40.0 Å². The number of piperidine rings is 1. The first-order chi connectivity index (χ1) is 12.9. The van der Waals surface area contributed by atoms with E-state index in [1.165, 1.54) is 4.52 Å². The van der Waals surface area contributed by atoms with Crippen molar-refractivity contribution in [2.75, 3.05) is 6.54 Å². The molecule has 1 unspecified atom stereocenters. The van der Waals surface area contributed by atoms with E-state index in [-0.39, 0.29) is 23.3 Å². The number of likely N-dealkylation sites (tertiary alicyclic amines) is 1. The predicted molar refractivity (Wildman–Crippen MR) is 98.9 cm³/mol. The van der Waals surface area contributed by atoms with E-state index in [2.05, 4.69) is 15.1 Å². The molecule has 1 fully saturated rings. The first-order valence-electron chi connectivity index (χ1n) is 9.20. The molecular weight excluding hydrogens is 346 g/mol. The Bertz CT molecular complexity index is 1090. The molecule has 0 aliphatic carbocycles. The number of amides is 1. The molecule has 1 N–H and O–H groups in total. The number of hydrogen-bond donors (Lipinski definition) is 1. The summed E-state index contributed by atoms with van der Waals surface area (Å²) in [5.74, 6) is 0.610. The molecule has 3 aromatic rings. The topological polar surface area (TPSA) is 96.5 Å². The maximum atomic E-state index is 13.1. The number of hydrogen-bond acceptors (Lipinski definition) is 5. The fourth-order valence-corrected chi connectivity index (χ4v) is 3.77. The van der Waals surface area contributed by atoms with Crippen LogP contribution in [0.3, 0.4) is 0 Å². The molecule has 0 aromatic carbocycles. The molecule has 1 saturated heterocycles. The lowest BCUT2D eigenvalue weighted by Gasteiger charge is -2.34. The van der Waals surface area contributed by atoms with E-state index in [4.69, 9.17) is 4.42 Å². The monoisotopic (exact) mass is 369 g/mol. The van der Waals surface area contributed by atoms with Crippen molar-refractivity contribution in [1.29, 1.82) is 0 Å². The van der Waals surface area contributed by atoms with Crippen molar-refractivity contribution in [2.45, 2.75) is 53.0 Å². The van der Waals surface area contributed by atoms with Crippen LogP contribution in [0.4, 0.5) is 0 Å². The number of fused-ring (bicyclic) bond motifs is 1. The normalized spacial score (nSPS) is 17.6. The maximum absolute atomic E-state index is 13.1. The number of oxazole rings is 1. The minimum atomic E-state index is -0.163. The molecule has 8 nitrogen and oxygen atoms in total. The number of nitrogens with zero attached hydrogens (tertiary/aromatic N) is 4. The van der Waals surface area contributed by atoms with Crippen LogP contribution in [0, 0.1) is 27.7 Å². The summed E-state index contributed by atoms with van der Waals surface area (Å²) in [4.78, 5) is 36.1. The molecule has 0 spiro atoms. The standard InChI is InChI=1S/C19H23N5O3/c1-10-11(2)21-16-9-14(22-24(16)18(10)25)15-7-5-6-8-23(15)19(26)17-12(3)20-13(4)27-17/h9,15,22H,5-8H2,1-4H3. The second kappa shape index (κ2) is 6.37. The lowest BCUT2D eigenvalue weighted by Crippen LogP contribution is -2.39. The van der Waals surface area contributed by atoms with Gasteiger partial charge in [0.05, 0.1) is 17.4 Å². The van der Waals surface area contributed by atoms with Gasteiger partial charge >= 0.3 is 0 Å². The maximum Gasteiger partial charge on any atom is 0.292 e. The molecule has 1 aliphatic rings. The van der Waals surface area contributed by atoms with Crippen LogP contribution in [0.1, 0.15) is 64.4 Å². The van der Waals surface area contributed by atoms with Crippen LogP contribution in [0.5, 0.6) is 0 Å². The molecule has 0 saturated carbocycles. The van der Waals surface area contributed by atoms with E-state index in [0.29, 0.717) is 29.3 Å². The van der Waals surface area contributed by atoms with Gasteiger partial charge in [0.1, 0.15) is 0 Å². The Morgan fingerprint density at radius 1 is 1.19 bits per heavy atom. The van der Waals surface area contributed by atoms with Gasteiger partial charge in [-0.2, -0.15) is 0 Å². The molecule has 3 aromatic heterocycles. The van der Waals surface area contributed by atoms with E-state index in [9.17, 15) is 9.59 Å². The zero-order chi connectivity index (χ0) is 19.3. The zero-order valence-electron chi connectivity index (χ0n) is 16.0. The molecule has 1 amide bonds. The lowest BCUT2D eigenvalue weighted by molar-refractivity contribution is 0.0570. The summed E-state index contributed by atoms with van der Waals surface area (Å²) < 4.78 is 7.00. The fourth-order valence-electron chi connectivity index (χ4n) is 3.77. The van der Waals surface area contributed by atoms with Crippen LogP contribution >= 0.6 is 0 Å². The van der Waals surface area contributed by atoms with Crippen LogP contribution in [0.2, 0.25) is 0 Å². The van der Waals surface area contributed by atoms with Gasteiger partial charge in [0, 0.05) is 30.8 Å². The minimum Gasteiger partial charge on any atom is -0.436 e. The molecular formula is C19H23N5O3. The van der Waals surface area contributed by atoms with Crippen LogP contribution < -0.4 is 5.56 Å². The third-order valence-electron chi connectivity index (χ3n) is 5.32. The van der Waals surface area contributed by atoms with Gasteiger partial charge in [-0.1, -0.05) is 0 Å². The van der Waals surface area contributed by atoms with Crippen molar-refractivity contribution in [3.05, 3.63) is 50.7 Å². The summed E-state index contributed by atoms with van der Waals surface area (Å²) in [6.07, 6.45) is 2.76. The molecule has 8 heteroatoms. The smallest absolute Gasteiger partial charge is 0.292 e. The van der Waals surface area contributed by atoms with Gasteiger partial charge in [-0.15, -0.1) is 0 Å². The molecule has 142 valence electrons. The number of aromatic nitrogens is 4. The zero-order valence-corrected chi connectivity index (χ0v) is 16.0. The minimum absolute atomic E-state index is 0.112. The molecule has 4 rings (SSSR count). The van der Waals surface area contributed by atoms with Crippen LogP contribution in [0.25, 0.3) is 5.65 Å². The van der Waals surface area contributed by atoms with Gasteiger partial charge in [0.15, 0.2) is 11.5 Å². The van der Waals surface area contributed by atoms with Gasteiger partial charge < -0.3 is 9.32 Å². The van der Waals surface area contributed by atoms with E-state index < -0.39 is 0 Å². The van der Waals surface area contributed by atoms with E-state index in [0.717, 1.165) is 30.7 Å². The summed E-state index contributed by atoms with van der Waals surface area (Å²) in [5, 5.41) is 3.16. The number of nitrogens with one attached hydrogen (secondary N) is 1. The lowest BCUT2D eigenvalue weighted by atomic mass is 9.99. The van der Waals surface area contributed by atoms with Crippen molar-refractivity contribution in [3.63, 3.8) is 0 Å². The van der Waals surface area contributed by atoms with Crippen molar-refractivity contribution in [3.8, 4) is 0 Å². The van der Waals surface area contributed by atoms with Gasteiger partial charge in [0.2, 0.25) is 5.76 Å². The summed E-state index contributed by atoms with van der Waals surface area (Å²) in [6.45, 7) is 7.74. The van der Waals surface area contributed by atoms with Gasteiger partial charge in [-0.3, -0.25) is 14.7 Å². The highest BCUT2D eigenvalue weighted by atomic mass is 16.4. The number of carbonyl (C=O) groups excluding carboxylic acids is 1. The van der Waals surface area contributed by atoms with E-state index >= 15 is 0 Å². The van der Waals surface area contributed by atoms with Crippen LogP contribution in [-0.2, 0) is 0 Å². The van der Waals surface area contributed by atoms with Crippen LogP contribution in [-0.4, -0.2) is 36.9 Å². The first kappa shape index (κ1) is 17.5. The molecule has 1 atom stereocenters. The van der Waals surface area contributed by atoms with E-state index in [1.807, 2.05) is 17.9 Å². The largest absolute Gasteiger partial charge is 0.436 e. The Morgan fingerprint density at radius 2 is 1.96 bits per heavy atom. The van der Waals surface area contributed by atoms with E-state index in [1.54, 1.807) is 20.8 Å². The average Bonchev–Trinajstić information content (AvgIpc) is 3.22. The highest BCUT2D eigenvalue weighted by Gasteiger charge is 2.33. The number of carbonyl (C=O) groups is 1. The SMILES string of the molecule is Cc1nc(C)c(C(=O)N2CCCCC2c2cc3nc(C)c(C)c(=O)n3[nH]2)o1. The fraction of sp³-hybridized carbons (Fsp3) is 0.474. The van der Waals surface area contributed by atoms with Crippen molar-refractivity contribution >= 4 is 11.6 Å². The molecule has 27 heavy (non-hydrogen) atoms. The van der Waals surface area contributed by atoms with Crippen molar-refractivity contribution < 1.29 is 9.21 Å². The van der Waals surface area contributed by atoms with Gasteiger partial charge in [0.25, 0.3) is 11.5 Å². The number of rotatable bonds is 2.